The lowest BCUT2D eigenvalue weighted by Crippen LogP contribution is -2.38. The first kappa shape index (κ1) is 60.3. The zero-order valence-electron chi connectivity index (χ0n) is 44.7. The Balaban J connectivity index is 0.000000136. The number of thiazole rings is 2. The number of aliphatic carboxylic acids is 1. The van der Waals surface area contributed by atoms with E-state index in [1.54, 1.807) is 29.5 Å². The summed E-state index contributed by atoms with van der Waals surface area (Å²) >= 11 is 32.2. The van der Waals surface area contributed by atoms with Crippen LogP contribution in [0.25, 0.3) is 42.9 Å². The Morgan fingerprint density at radius 2 is 1.19 bits per heavy atom. The molecule has 6 fully saturated rings. The first-order valence-corrected chi connectivity index (χ1v) is 30.8. The number of benzene rings is 4. The Hall–Kier alpha value is -5.40. The average molecular weight is 1340 g/mol. The average Bonchev–Trinajstić information content (AvgIpc) is 2.77. The lowest BCUT2D eigenvalue weighted by Gasteiger charge is -2.31. The molecule has 16 nitrogen and oxygen atoms in total. The third kappa shape index (κ3) is 13.3. The second kappa shape index (κ2) is 25.5. The van der Waals surface area contributed by atoms with Crippen molar-refractivity contribution in [1.82, 2.24) is 25.6 Å². The SMILES string of the molecule is COC(=O)c1ccc2nc(Br)sc2c1.COC(=O)c1ccc2nc(N3CC4CC3CC4OCc3c(-c4c(Cl)cccc4Cl)noc3C3CC3)sc2c1.Clc1cccc(Cl)c1-c1noc(C2CC2)c1COC1CC2CC1CN2.O=C(O)C(F)(F)F. The second-order valence-corrected chi connectivity index (χ2v) is 26.1. The molecule has 6 heterocycles. The van der Waals surface area contributed by atoms with Crippen LogP contribution < -0.4 is 10.2 Å². The van der Waals surface area contributed by atoms with Crippen molar-refractivity contribution in [3.05, 3.63) is 131 Å². The molecule has 4 saturated carbocycles. The Bertz CT molecular complexity index is 3720. The maximum Gasteiger partial charge on any atom is 0.490 e. The first-order chi connectivity index (χ1) is 40.3. The van der Waals surface area contributed by atoms with Crippen LogP contribution in [0.3, 0.4) is 0 Å². The third-order valence-corrected chi connectivity index (χ3v) is 19.4. The number of rotatable bonds is 13. The summed E-state index contributed by atoms with van der Waals surface area (Å²) < 4.78 is 68.4. The fourth-order valence-electron chi connectivity index (χ4n) is 11.2. The number of hydrogen-bond donors (Lipinski definition) is 2. The van der Waals surface area contributed by atoms with E-state index in [0.29, 0.717) is 97.5 Å². The van der Waals surface area contributed by atoms with Crippen LogP contribution in [0.5, 0.6) is 0 Å². The summed E-state index contributed by atoms with van der Waals surface area (Å²) in [5.74, 6) is 0.349. The molecule has 4 bridgehead atoms. The predicted molar refractivity (Wildman–Crippen MR) is 317 cm³/mol. The number of aromatic nitrogens is 4. The van der Waals surface area contributed by atoms with Crippen LogP contribution in [0.4, 0.5) is 18.3 Å². The number of carboxylic acids is 1. The number of carboxylic acid groups (broad SMARTS) is 1. The Kier molecular flexibility index (Phi) is 18.3. The number of esters is 2. The van der Waals surface area contributed by atoms with E-state index in [1.807, 2.05) is 54.6 Å². The third-order valence-electron chi connectivity index (χ3n) is 15.7. The molecule has 14 rings (SSSR count). The monoisotopic (exact) mass is 1330 g/mol. The molecule has 6 unspecified atom stereocenters. The number of methoxy groups -OCH3 is 2. The largest absolute Gasteiger partial charge is 0.490 e. The molecule has 4 aromatic heterocycles. The van der Waals surface area contributed by atoms with Gasteiger partial charge in [-0.05, 0) is 134 Å². The van der Waals surface area contributed by atoms with Gasteiger partial charge in [0.25, 0.3) is 0 Å². The zero-order chi connectivity index (χ0) is 59.1. The highest BCUT2D eigenvalue weighted by molar-refractivity contribution is 9.11. The number of nitrogens with zero attached hydrogens (tertiary/aromatic N) is 5. The molecule has 4 aliphatic carbocycles. The van der Waals surface area contributed by atoms with E-state index in [4.69, 9.17) is 84.5 Å². The number of alkyl halides is 3. The minimum absolute atomic E-state index is 0.160. The van der Waals surface area contributed by atoms with Gasteiger partial charge in [0.2, 0.25) is 0 Å². The second-order valence-electron chi connectivity index (χ2n) is 21.2. The van der Waals surface area contributed by atoms with E-state index >= 15 is 0 Å². The molecule has 6 atom stereocenters. The number of anilines is 1. The minimum atomic E-state index is -5.08. The normalized spacial score (nSPS) is 21.2. The van der Waals surface area contributed by atoms with Crippen molar-refractivity contribution >= 4 is 128 Å². The number of fused-ring (bicyclic) bond motifs is 6. The van der Waals surface area contributed by atoms with Crippen molar-refractivity contribution in [1.29, 1.82) is 0 Å². The highest BCUT2D eigenvalue weighted by Crippen LogP contribution is 2.50. The van der Waals surface area contributed by atoms with E-state index in [0.717, 1.165) is 121 Å². The van der Waals surface area contributed by atoms with Gasteiger partial charge in [-0.15, -0.1) is 11.3 Å². The van der Waals surface area contributed by atoms with Crippen molar-refractivity contribution in [3.63, 3.8) is 0 Å². The molecule has 6 aliphatic rings. The fraction of sp³-hybridized carbons (Fsp3) is 0.397. The highest BCUT2D eigenvalue weighted by Gasteiger charge is 2.47. The van der Waals surface area contributed by atoms with E-state index in [-0.39, 0.29) is 18.0 Å². The summed E-state index contributed by atoms with van der Waals surface area (Å²) in [6.45, 7) is 2.91. The Morgan fingerprint density at radius 3 is 1.62 bits per heavy atom. The number of carbonyl (C=O) groups excluding carboxylic acids is 2. The van der Waals surface area contributed by atoms with Gasteiger partial charge in [0, 0.05) is 65.2 Å². The highest BCUT2D eigenvalue weighted by atomic mass is 79.9. The lowest BCUT2D eigenvalue weighted by molar-refractivity contribution is -0.192. The first-order valence-electron chi connectivity index (χ1n) is 26.9. The molecule has 2 saturated heterocycles. The standard InChI is InChI=1S/C28H25Cl2N3O4S.C19H20Cl2N2O2.C9H6BrNO2S.C2HF3O2/c1-35-27(34)15-7-8-21-23(10-15)38-28(31-21)33-12-16-9-17(33)11-22(16)36-13-18-25(32-37-26(18)14-5-6-14)24-19(29)3-2-4-20(24)30;20-14-2-1-3-15(21)17(14)18-13(19(25-23-18)10-4-5-10)9-24-16-7-12-6-11(16)8-22-12;1-13-8(12)5-2-3-6-7(4-5)14-9(10)11-6;3-2(4,5)1(6)7/h2-4,7-8,10,14,16-17,22H,5-6,9,11-13H2,1H3;1-3,10-12,16,22H,4-9H2;2-4H,1H3;(H,6,7). The van der Waals surface area contributed by atoms with Crippen LogP contribution in [-0.2, 0) is 37.0 Å². The van der Waals surface area contributed by atoms with Crippen molar-refractivity contribution in [2.45, 2.75) is 107 Å². The van der Waals surface area contributed by atoms with Crippen molar-refractivity contribution in [2.75, 3.05) is 32.2 Å². The predicted octanol–water partition coefficient (Wildman–Crippen LogP) is 15.4. The van der Waals surface area contributed by atoms with Gasteiger partial charge in [-0.25, -0.2) is 24.4 Å². The Labute approximate surface area is 515 Å². The molecular weight excluding hydrogens is 1280 g/mol. The summed E-state index contributed by atoms with van der Waals surface area (Å²) in [6, 6.07) is 22.8. The fourth-order valence-corrected chi connectivity index (χ4v) is 14.9. The molecule has 84 heavy (non-hydrogen) atoms. The molecule has 0 amide bonds. The van der Waals surface area contributed by atoms with Crippen molar-refractivity contribution < 1.29 is 60.7 Å². The number of piperidine rings is 2. The van der Waals surface area contributed by atoms with E-state index in [2.05, 4.69) is 46.2 Å². The molecule has 4 aromatic carbocycles. The van der Waals surface area contributed by atoms with Crippen LogP contribution in [-0.4, -0.2) is 101 Å². The van der Waals surface area contributed by atoms with Gasteiger partial charge in [-0.2, -0.15) is 13.2 Å². The summed E-state index contributed by atoms with van der Waals surface area (Å²) in [4.78, 5) is 43.5. The van der Waals surface area contributed by atoms with Gasteiger partial charge in [0.15, 0.2) is 9.05 Å². The molecular formula is C58H52BrCl4F3N6O10S2. The number of halogens is 8. The van der Waals surface area contributed by atoms with Crippen LogP contribution in [0.2, 0.25) is 20.1 Å². The quantitative estimate of drug-likeness (QED) is 0.103. The van der Waals surface area contributed by atoms with Gasteiger partial charge in [-0.1, -0.05) is 80.2 Å². The number of hydrogen-bond acceptors (Lipinski definition) is 17. The molecule has 26 heteroatoms. The topological polar surface area (TPSA) is 201 Å². The number of ether oxygens (including phenoxy) is 4. The van der Waals surface area contributed by atoms with Gasteiger partial charge < -0.3 is 43.3 Å². The van der Waals surface area contributed by atoms with Gasteiger partial charge in [-0.3, -0.25) is 0 Å². The molecule has 0 spiro atoms. The summed E-state index contributed by atoms with van der Waals surface area (Å²) in [5.41, 5.74) is 7.74. The van der Waals surface area contributed by atoms with Crippen molar-refractivity contribution in [2.24, 2.45) is 11.8 Å². The van der Waals surface area contributed by atoms with E-state index in [1.165, 1.54) is 32.0 Å². The van der Waals surface area contributed by atoms with Crippen LogP contribution in [0.15, 0.2) is 85.8 Å². The number of carbonyl (C=O) groups is 3. The molecule has 442 valence electrons. The summed E-state index contributed by atoms with van der Waals surface area (Å²) in [7, 11) is 2.77. The summed E-state index contributed by atoms with van der Waals surface area (Å²) in [6.07, 6.45) is 4.25. The minimum Gasteiger partial charge on any atom is -0.475 e. The Morgan fingerprint density at radius 1 is 0.702 bits per heavy atom. The van der Waals surface area contributed by atoms with Crippen LogP contribution in [0, 0.1) is 11.8 Å². The van der Waals surface area contributed by atoms with E-state index in [9.17, 15) is 22.8 Å². The smallest absolute Gasteiger partial charge is 0.475 e. The van der Waals surface area contributed by atoms with Crippen LogP contribution in [0.1, 0.15) is 107 Å². The molecule has 2 aliphatic heterocycles. The summed E-state index contributed by atoms with van der Waals surface area (Å²) in [5, 5.41) is 22.7. The van der Waals surface area contributed by atoms with E-state index < -0.39 is 12.1 Å². The van der Waals surface area contributed by atoms with Crippen molar-refractivity contribution in [3.8, 4) is 22.5 Å². The molecule has 0 radical (unpaired) electrons. The molecule has 8 aromatic rings. The van der Waals surface area contributed by atoms with Gasteiger partial charge in [0.05, 0.1) is 91.3 Å². The maximum atomic E-state index is 11.9. The van der Waals surface area contributed by atoms with Gasteiger partial charge >= 0.3 is 24.1 Å². The lowest BCUT2D eigenvalue weighted by atomic mass is 10.0. The molecule has 2 N–H and O–H groups in total. The number of nitrogens with one attached hydrogen (secondary N) is 1. The zero-order valence-corrected chi connectivity index (χ0v) is 51.0. The van der Waals surface area contributed by atoms with Gasteiger partial charge in [0.1, 0.15) is 22.9 Å². The maximum absolute atomic E-state index is 11.9. The van der Waals surface area contributed by atoms with Crippen LogP contribution >= 0.6 is 85.0 Å².